The maximum Gasteiger partial charge on any atom is 0.350 e. The molecule has 4 aromatic rings. The maximum atomic E-state index is 12.8. The summed E-state index contributed by atoms with van der Waals surface area (Å²) in [5, 5.41) is 7.79. The molecule has 1 amide bonds. The van der Waals surface area contributed by atoms with Gasteiger partial charge < -0.3 is 14.8 Å². The van der Waals surface area contributed by atoms with Crippen molar-refractivity contribution in [2.24, 2.45) is 0 Å². The first kappa shape index (κ1) is 21.1. The summed E-state index contributed by atoms with van der Waals surface area (Å²) in [6.07, 6.45) is 3.11. The van der Waals surface area contributed by atoms with Crippen LogP contribution in [0.25, 0.3) is 5.65 Å². The van der Waals surface area contributed by atoms with E-state index < -0.39 is 5.69 Å². The minimum atomic E-state index is -0.395. The third-order valence-electron chi connectivity index (χ3n) is 5.23. The van der Waals surface area contributed by atoms with Gasteiger partial charge in [0.05, 0.1) is 0 Å². The number of ether oxygens (including phenoxy) is 2. The Morgan fingerprint density at radius 2 is 2.00 bits per heavy atom. The third-order valence-corrected chi connectivity index (χ3v) is 6.39. The molecule has 10 heteroatoms. The number of carbonyl (C=O) groups is 1. The molecular weight excluding hydrogens is 442 g/mol. The van der Waals surface area contributed by atoms with Crippen LogP contribution in [0.4, 0.5) is 0 Å². The van der Waals surface area contributed by atoms with E-state index in [2.05, 4.69) is 21.5 Å². The Labute approximate surface area is 193 Å². The summed E-state index contributed by atoms with van der Waals surface area (Å²) in [6.45, 7) is 4.37. The lowest BCUT2D eigenvalue weighted by molar-refractivity contribution is -0.122. The molecule has 9 nitrogen and oxygen atoms in total. The van der Waals surface area contributed by atoms with Crippen molar-refractivity contribution in [3.8, 4) is 11.5 Å². The van der Waals surface area contributed by atoms with Crippen molar-refractivity contribution >= 4 is 23.3 Å². The second-order valence-electron chi connectivity index (χ2n) is 7.70. The summed E-state index contributed by atoms with van der Waals surface area (Å²) >= 11 is 1.44. The van der Waals surface area contributed by atoms with Gasteiger partial charge in [-0.3, -0.25) is 4.79 Å². The molecule has 1 aliphatic rings. The molecule has 5 rings (SSSR count). The van der Waals surface area contributed by atoms with Gasteiger partial charge in [0, 0.05) is 23.8 Å². The molecule has 33 heavy (non-hydrogen) atoms. The Kier molecular flexibility index (Phi) is 5.51. The molecule has 0 fully saturated rings. The molecule has 0 saturated carbocycles. The summed E-state index contributed by atoms with van der Waals surface area (Å²) in [5.74, 6) is 1.01. The molecule has 0 aliphatic carbocycles. The first-order valence-corrected chi connectivity index (χ1v) is 11.1. The Balaban J connectivity index is 1.32. The van der Waals surface area contributed by atoms with Gasteiger partial charge in [-0.1, -0.05) is 35.5 Å². The molecular formula is C23H21N5O4S. The van der Waals surface area contributed by atoms with Gasteiger partial charge in [-0.15, -0.1) is 5.10 Å². The van der Waals surface area contributed by atoms with Crippen LogP contribution in [0.2, 0.25) is 0 Å². The average molecular weight is 464 g/mol. The Bertz CT molecular complexity index is 1430. The number of nitrogens with one attached hydrogen (secondary N) is 1. The predicted molar refractivity (Wildman–Crippen MR) is 122 cm³/mol. The highest BCUT2D eigenvalue weighted by Crippen LogP contribution is 2.32. The van der Waals surface area contributed by atoms with Gasteiger partial charge in [-0.05, 0) is 43.2 Å². The van der Waals surface area contributed by atoms with Crippen LogP contribution in [-0.4, -0.2) is 31.9 Å². The van der Waals surface area contributed by atoms with E-state index in [0.717, 1.165) is 20.7 Å². The van der Waals surface area contributed by atoms with Crippen LogP contribution in [0.5, 0.6) is 11.5 Å². The monoisotopic (exact) mass is 463 g/mol. The molecule has 0 spiro atoms. The normalized spacial score (nSPS) is 12.3. The number of rotatable bonds is 6. The van der Waals surface area contributed by atoms with Gasteiger partial charge in [0.25, 0.3) is 0 Å². The highest BCUT2D eigenvalue weighted by Gasteiger charge is 2.17. The number of hydrogen-bond acceptors (Lipinski definition) is 7. The lowest BCUT2D eigenvalue weighted by Crippen LogP contribution is -2.32. The van der Waals surface area contributed by atoms with Crippen molar-refractivity contribution in [1.29, 1.82) is 0 Å². The van der Waals surface area contributed by atoms with Crippen LogP contribution in [0.15, 0.2) is 63.5 Å². The SMILES string of the molecule is Cc1ccc(Sc2nccn3c(=O)n(CC(=O)NCc4ccc5c(c4)OCO5)nc23)c(C)c1. The van der Waals surface area contributed by atoms with Gasteiger partial charge in [-0.2, -0.15) is 0 Å². The fourth-order valence-electron chi connectivity index (χ4n) is 3.56. The first-order valence-electron chi connectivity index (χ1n) is 10.3. The van der Waals surface area contributed by atoms with Crippen molar-refractivity contribution in [3.05, 3.63) is 76.0 Å². The zero-order valence-corrected chi connectivity index (χ0v) is 18.9. The van der Waals surface area contributed by atoms with Crippen LogP contribution in [-0.2, 0) is 17.9 Å². The van der Waals surface area contributed by atoms with Crippen LogP contribution < -0.4 is 20.5 Å². The fourth-order valence-corrected chi connectivity index (χ4v) is 4.47. The van der Waals surface area contributed by atoms with Crippen LogP contribution in [0, 0.1) is 13.8 Å². The smallest absolute Gasteiger partial charge is 0.350 e. The molecule has 1 aliphatic heterocycles. The number of fused-ring (bicyclic) bond motifs is 2. The molecule has 168 valence electrons. The van der Waals surface area contributed by atoms with Gasteiger partial charge in [0.1, 0.15) is 11.6 Å². The van der Waals surface area contributed by atoms with Crippen LogP contribution >= 0.6 is 11.8 Å². The van der Waals surface area contributed by atoms with Gasteiger partial charge in [0.2, 0.25) is 12.7 Å². The van der Waals surface area contributed by atoms with Crippen molar-refractivity contribution in [2.75, 3.05) is 6.79 Å². The molecule has 0 unspecified atom stereocenters. The van der Waals surface area contributed by atoms with Gasteiger partial charge in [0.15, 0.2) is 17.1 Å². The lowest BCUT2D eigenvalue weighted by Gasteiger charge is -2.06. The van der Waals surface area contributed by atoms with Gasteiger partial charge >= 0.3 is 5.69 Å². The zero-order chi connectivity index (χ0) is 22.9. The minimum Gasteiger partial charge on any atom is -0.454 e. The summed E-state index contributed by atoms with van der Waals surface area (Å²) in [5.41, 5.74) is 3.18. The number of benzene rings is 2. The molecule has 0 bridgehead atoms. The third kappa shape index (κ3) is 4.29. The highest BCUT2D eigenvalue weighted by molar-refractivity contribution is 7.99. The van der Waals surface area contributed by atoms with E-state index in [9.17, 15) is 9.59 Å². The summed E-state index contributed by atoms with van der Waals surface area (Å²) in [7, 11) is 0. The quantitative estimate of drug-likeness (QED) is 0.469. The predicted octanol–water partition coefficient (Wildman–Crippen LogP) is 2.70. The second-order valence-corrected chi connectivity index (χ2v) is 8.73. The lowest BCUT2D eigenvalue weighted by atomic mass is 10.2. The summed E-state index contributed by atoms with van der Waals surface area (Å²) in [6, 6.07) is 11.6. The van der Waals surface area contributed by atoms with Crippen molar-refractivity contribution in [1.82, 2.24) is 24.5 Å². The van der Waals surface area contributed by atoms with Gasteiger partial charge in [-0.25, -0.2) is 18.9 Å². The van der Waals surface area contributed by atoms with Crippen molar-refractivity contribution in [3.63, 3.8) is 0 Å². The Hall–Kier alpha value is -3.79. The number of aromatic nitrogens is 4. The Morgan fingerprint density at radius 3 is 2.85 bits per heavy atom. The van der Waals surface area contributed by atoms with E-state index in [0.29, 0.717) is 28.7 Å². The number of hydrogen-bond donors (Lipinski definition) is 1. The first-order chi connectivity index (χ1) is 16.0. The van der Waals surface area contributed by atoms with E-state index >= 15 is 0 Å². The summed E-state index contributed by atoms with van der Waals surface area (Å²) in [4.78, 5) is 30.7. The van der Waals surface area contributed by atoms with E-state index in [1.807, 2.05) is 38.1 Å². The maximum absolute atomic E-state index is 12.8. The topological polar surface area (TPSA) is 99.8 Å². The largest absolute Gasteiger partial charge is 0.454 e. The number of aryl methyl sites for hydroxylation is 2. The molecule has 3 heterocycles. The number of amides is 1. The molecule has 1 N–H and O–H groups in total. The van der Waals surface area contributed by atoms with E-state index in [-0.39, 0.29) is 19.2 Å². The molecule has 0 radical (unpaired) electrons. The molecule has 0 atom stereocenters. The fraction of sp³-hybridized carbons (Fsp3) is 0.217. The number of carbonyl (C=O) groups excluding carboxylic acids is 1. The molecule has 2 aromatic heterocycles. The minimum absolute atomic E-state index is 0.195. The standard InChI is InChI=1S/C23H21N5O4S/c1-14-3-6-19(15(2)9-14)33-22-21-26-28(23(30)27(21)8-7-24-22)12-20(29)25-11-16-4-5-17-18(10-16)32-13-31-17/h3-10H,11-13H2,1-2H3,(H,25,29). The zero-order valence-electron chi connectivity index (χ0n) is 18.1. The summed E-state index contributed by atoms with van der Waals surface area (Å²) < 4.78 is 13.2. The van der Waals surface area contributed by atoms with Crippen LogP contribution in [0.1, 0.15) is 16.7 Å². The second kappa shape index (κ2) is 8.62. The number of nitrogens with zero attached hydrogens (tertiary/aromatic N) is 4. The van der Waals surface area contributed by atoms with E-state index in [1.165, 1.54) is 21.7 Å². The Morgan fingerprint density at radius 1 is 1.15 bits per heavy atom. The highest BCUT2D eigenvalue weighted by atomic mass is 32.2. The van der Waals surface area contributed by atoms with Crippen LogP contribution in [0.3, 0.4) is 0 Å². The van der Waals surface area contributed by atoms with Crippen molar-refractivity contribution in [2.45, 2.75) is 36.9 Å². The molecule has 2 aromatic carbocycles. The van der Waals surface area contributed by atoms with E-state index in [1.54, 1.807) is 18.5 Å². The van der Waals surface area contributed by atoms with E-state index in [4.69, 9.17) is 9.47 Å². The van der Waals surface area contributed by atoms with Crippen molar-refractivity contribution < 1.29 is 14.3 Å². The molecule has 0 saturated heterocycles. The average Bonchev–Trinajstić information content (AvgIpc) is 3.39.